The zero-order valence-electron chi connectivity index (χ0n) is 16.0. The Hall–Kier alpha value is -2.42. The van der Waals surface area contributed by atoms with Crippen LogP contribution in [0.15, 0.2) is 12.3 Å². The molecule has 1 amide bonds. The summed E-state index contributed by atoms with van der Waals surface area (Å²) in [6, 6.07) is 1.88. The van der Waals surface area contributed by atoms with E-state index in [0.717, 1.165) is 57.2 Å². The van der Waals surface area contributed by atoms with Crippen LogP contribution >= 0.6 is 0 Å². The molecule has 1 aromatic heterocycles. The van der Waals surface area contributed by atoms with Gasteiger partial charge in [-0.2, -0.15) is 4.98 Å². The minimum absolute atomic E-state index is 0.0269. The summed E-state index contributed by atoms with van der Waals surface area (Å²) in [7, 11) is 0. The van der Waals surface area contributed by atoms with Crippen molar-refractivity contribution in [3.8, 4) is 0 Å². The molecule has 0 bridgehead atoms. The van der Waals surface area contributed by atoms with Crippen LogP contribution in [0, 0.1) is 5.41 Å². The summed E-state index contributed by atoms with van der Waals surface area (Å²) in [5.41, 5.74) is 0.0269. The number of aliphatic hydroxyl groups is 1. The van der Waals surface area contributed by atoms with E-state index in [1.165, 1.54) is 0 Å². The van der Waals surface area contributed by atoms with E-state index in [4.69, 9.17) is 9.90 Å². The first-order chi connectivity index (χ1) is 12.9. The third kappa shape index (κ3) is 5.53. The fraction of sp³-hybridized carbons (Fsp3) is 0.667. The van der Waals surface area contributed by atoms with Crippen LogP contribution < -0.4 is 10.2 Å². The molecule has 9 heteroatoms. The smallest absolute Gasteiger partial charge is 0.290 e. The van der Waals surface area contributed by atoms with Gasteiger partial charge in [-0.25, -0.2) is 4.98 Å². The molecule has 27 heavy (non-hydrogen) atoms. The Labute approximate surface area is 159 Å². The van der Waals surface area contributed by atoms with Crippen LogP contribution in [0.5, 0.6) is 0 Å². The summed E-state index contributed by atoms with van der Waals surface area (Å²) >= 11 is 0. The largest absolute Gasteiger partial charge is 0.483 e. The van der Waals surface area contributed by atoms with Crippen molar-refractivity contribution < 1.29 is 19.8 Å². The average Bonchev–Trinajstić information content (AvgIpc) is 2.63. The molecule has 1 spiro atoms. The second-order valence-corrected chi connectivity index (χ2v) is 7.12. The van der Waals surface area contributed by atoms with E-state index in [9.17, 15) is 9.90 Å². The molecule has 2 aliphatic rings. The quantitative estimate of drug-likeness (QED) is 0.660. The molecule has 2 saturated heterocycles. The Morgan fingerprint density at radius 1 is 1.44 bits per heavy atom. The highest BCUT2D eigenvalue weighted by atomic mass is 16.3. The Morgan fingerprint density at radius 2 is 2.11 bits per heavy atom. The van der Waals surface area contributed by atoms with Crippen molar-refractivity contribution in [2.45, 2.75) is 39.2 Å². The molecule has 3 N–H and O–H groups in total. The number of carboxylic acid groups (broad SMARTS) is 1. The van der Waals surface area contributed by atoms with E-state index >= 15 is 0 Å². The first-order valence-electron chi connectivity index (χ1n) is 9.26. The molecule has 0 aliphatic carbocycles. The zero-order chi connectivity index (χ0) is 19.9. The first-order valence-corrected chi connectivity index (χ1v) is 9.26. The fourth-order valence-corrected chi connectivity index (χ4v) is 3.92. The number of amides is 1. The van der Waals surface area contributed by atoms with Crippen LogP contribution in [-0.2, 0) is 9.59 Å². The highest BCUT2D eigenvalue weighted by Gasteiger charge is 2.42. The molecular weight excluding hydrogens is 350 g/mol. The second-order valence-electron chi connectivity index (χ2n) is 7.12. The lowest BCUT2D eigenvalue weighted by Crippen LogP contribution is -2.55. The van der Waals surface area contributed by atoms with Gasteiger partial charge in [0.1, 0.15) is 5.82 Å². The number of β-amino-alcohol motifs (C(OH)–C–C–N with tert-alkyl or cyclic N) is 1. The van der Waals surface area contributed by atoms with Gasteiger partial charge in [0.25, 0.3) is 6.47 Å². The van der Waals surface area contributed by atoms with E-state index < -0.39 is 6.10 Å². The summed E-state index contributed by atoms with van der Waals surface area (Å²) < 4.78 is 0. The Kier molecular flexibility index (Phi) is 7.35. The Bertz CT molecular complexity index is 634. The molecule has 1 atom stereocenters. The molecule has 0 aromatic carbocycles. The topological polar surface area (TPSA) is 119 Å². The maximum absolute atomic E-state index is 11.7. The number of nitrogens with zero attached hydrogens (tertiary/aromatic N) is 4. The number of aliphatic hydroxyl groups excluding tert-OH is 1. The highest BCUT2D eigenvalue weighted by molar-refractivity contribution is 5.73. The Morgan fingerprint density at radius 3 is 2.70 bits per heavy atom. The summed E-state index contributed by atoms with van der Waals surface area (Å²) in [5.74, 6) is 1.65. The SMILES string of the molecule is CCNc1ccnc(N2CCC3(CC2)CC(O)CN(C(C)=O)C3)n1.O=CO. The number of carbonyl (C=O) groups excluding carboxylic acids is 1. The van der Waals surface area contributed by atoms with Crippen molar-refractivity contribution in [3.63, 3.8) is 0 Å². The summed E-state index contributed by atoms with van der Waals surface area (Å²) in [6.07, 6.45) is 4.04. The van der Waals surface area contributed by atoms with Crippen LogP contribution in [0.1, 0.15) is 33.1 Å². The van der Waals surface area contributed by atoms with Crippen LogP contribution in [0.3, 0.4) is 0 Å². The van der Waals surface area contributed by atoms with E-state index in [1.807, 2.05) is 13.0 Å². The van der Waals surface area contributed by atoms with Crippen molar-refractivity contribution in [3.05, 3.63) is 12.3 Å². The molecule has 0 radical (unpaired) electrons. The lowest BCUT2D eigenvalue weighted by Gasteiger charge is -2.49. The van der Waals surface area contributed by atoms with Crippen molar-refractivity contribution in [2.24, 2.45) is 5.41 Å². The van der Waals surface area contributed by atoms with Gasteiger partial charge in [-0.3, -0.25) is 9.59 Å². The van der Waals surface area contributed by atoms with Crippen LogP contribution in [-0.4, -0.2) is 76.3 Å². The lowest BCUT2D eigenvalue weighted by atomic mass is 9.71. The fourth-order valence-electron chi connectivity index (χ4n) is 3.92. The summed E-state index contributed by atoms with van der Waals surface area (Å²) in [5, 5.41) is 20.3. The molecule has 3 rings (SSSR count). The number of carbonyl (C=O) groups is 2. The van der Waals surface area contributed by atoms with Gasteiger partial charge < -0.3 is 25.3 Å². The predicted octanol–water partition coefficient (Wildman–Crippen LogP) is 0.809. The van der Waals surface area contributed by atoms with Gasteiger partial charge in [0.2, 0.25) is 11.9 Å². The van der Waals surface area contributed by atoms with E-state index in [0.29, 0.717) is 6.54 Å². The van der Waals surface area contributed by atoms with Crippen LogP contribution in [0.25, 0.3) is 0 Å². The number of rotatable bonds is 3. The number of hydrogen-bond donors (Lipinski definition) is 3. The van der Waals surface area contributed by atoms with Crippen LogP contribution in [0.2, 0.25) is 0 Å². The maximum Gasteiger partial charge on any atom is 0.290 e. The number of nitrogens with one attached hydrogen (secondary N) is 1. The average molecular weight is 379 g/mol. The van der Waals surface area contributed by atoms with Crippen molar-refractivity contribution >= 4 is 24.1 Å². The van der Waals surface area contributed by atoms with Gasteiger partial charge in [-0.15, -0.1) is 0 Å². The number of anilines is 2. The van der Waals surface area contributed by atoms with Crippen molar-refractivity contribution in [1.82, 2.24) is 14.9 Å². The van der Waals surface area contributed by atoms with Gasteiger partial charge in [-0.1, -0.05) is 0 Å². The molecule has 3 heterocycles. The zero-order valence-corrected chi connectivity index (χ0v) is 16.0. The third-order valence-electron chi connectivity index (χ3n) is 5.18. The first kappa shape index (κ1) is 20.9. The number of likely N-dealkylation sites (tertiary alicyclic amines) is 1. The molecule has 9 nitrogen and oxygen atoms in total. The van der Waals surface area contributed by atoms with E-state index in [2.05, 4.69) is 20.2 Å². The monoisotopic (exact) mass is 379 g/mol. The molecule has 0 saturated carbocycles. The predicted molar refractivity (Wildman–Crippen MR) is 102 cm³/mol. The Balaban J connectivity index is 0.000000817. The molecule has 2 fully saturated rings. The minimum atomic E-state index is -0.414. The van der Waals surface area contributed by atoms with E-state index in [1.54, 1.807) is 18.0 Å². The molecule has 2 aliphatic heterocycles. The minimum Gasteiger partial charge on any atom is -0.483 e. The normalized spacial score (nSPS) is 21.2. The lowest BCUT2D eigenvalue weighted by molar-refractivity contribution is -0.137. The molecule has 150 valence electrons. The number of piperidine rings is 2. The molecule has 1 aromatic rings. The summed E-state index contributed by atoms with van der Waals surface area (Å²) in [4.78, 5) is 33.1. The highest BCUT2D eigenvalue weighted by Crippen LogP contribution is 2.40. The van der Waals surface area contributed by atoms with Gasteiger partial charge >= 0.3 is 0 Å². The standard InChI is InChI=1S/C17H27N5O2.CH2O2/c1-3-18-15-4-7-19-16(20-15)21-8-5-17(6-9-21)10-14(24)11-22(12-17)13(2)23;2-1-3/h4,7,14,24H,3,5-6,8-12H2,1-2H3,(H,18,19,20);1H,(H,2,3). The number of aromatic nitrogens is 2. The molecule has 1 unspecified atom stereocenters. The van der Waals surface area contributed by atoms with Gasteiger partial charge in [0.05, 0.1) is 6.10 Å². The maximum atomic E-state index is 11.7. The third-order valence-corrected chi connectivity index (χ3v) is 5.18. The van der Waals surface area contributed by atoms with Crippen molar-refractivity contribution in [1.29, 1.82) is 0 Å². The van der Waals surface area contributed by atoms with Crippen molar-refractivity contribution in [2.75, 3.05) is 42.9 Å². The van der Waals surface area contributed by atoms with Crippen LogP contribution in [0.4, 0.5) is 11.8 Å². The van der Waals surface area contributed by atoms with Gasteiger partial charge in [0, 0.05) is 45.8 Å². The van der Waals surface area contributed by atoms with E-state index in [-0.39, 0.29) is 17.8 Å². The summed E-state index contributed by atoms with van der Waals surface area (Å²) in [6.45, 7) is 7.14. The second kappa shape index (κ2) is 9.50. The number of hydrogen-bond acceptors (Lipinski definition) is 7. The molecular formula is C18H29N5O4. The van der Waals surface area contributed by atoms with Gasteiger partial charge in [0.15, 0.2) is 0 Å². The van der Waals surface area contributed by atoms with Gasteiger partial charge in [-0.05, 0) is 37.7 Å².